The SMILES string of the molecule is CN(c1ccc2c(n1)c(-c1cncnc1)cn2-c1c(F)ccc(CS(=O)(=O)C2CC2)c1F)C1CCN(C(=O)OC(C)(C)C)CC1. The molecule has 2 fully saturated rings. The summed E-state index contributed by atoms with van der Waals surface area (Å²) in [6, 6.07) is 5.95. The fraction of sp³-hybridized carbons (Fsp3) is 0.438. The summed E-state index contributed by atoms with van der Waals surface area (Å²) in [7, 11) is -1.59. The predicted molar refractivity (Wildman–Crippen MR) is 167 cm³/mol. The van der Waals surface area contributed by atoms with E-state index < -0.39 is 38.1 Å². The van der Waals surface area contributed by atoms with Crippen molar-refractivity contribution in [2.45, 2.75) is 69.1 Å². The molecule has 0 unspecified atom stereocenters. The van der Waals surface area contributed by atoms with E-state index in [1.54, 1.807) is 35.6 Å². The maximum Gasteiger partial charge on any atom is 0.410 e. The summed E-state index contributed by atoms with van der Waals surface area (Å²) in [6.45, 7) is 6.61. The van der Waals surface area contributed by atoms with Crippen LogP contribution in [0.5, 0.6) is 0 Å². The van der Waals surface area contributed by atoms with E-state index in [0.29, 0.717) is 66.8 Å². The summed E-state index contributed by atoms with van der Waals surface area (Å²) in [4.78, 5) is 29.5. The first kappa shape index (κ1) is 30.9. The van der Waals surface area contributed by atoms with Crippen LogP contribution in [0.15, 0.2) is 49.2 Å². The number of carbonyl (C=O) groups is 1. The van der Waals surface area contributed by atoms with Crippen LogP contribution in [0.1, 0.15) is 52.0 Å². The highest BCUT2D eigenvalue weighted by molar-refractivity contribution is 7.91. The molecule has 1 aliphatic heterocycles. The van der Waals surface area contributed by atoms with Gasteiger partial charge in [-0.15, -0.1) is 0 Å². The number of piperidine rings is 1. The second-order valence-electron chi connectivity index (χ2n) is 12.8. The molecular formula is C32H36F2N6O4S. The number of carbonyl (C=O) groups excluding carboxylic acids is 1. The maximum atomic E-state index is 16.0. The Morgan fingerprint density at radius 1 is 1.04 bits per heavy atom. The van der Waals surface area contributed by atoms with Gasteiger partial charge in [-0.3, -0.25) is 0 Å². The Bertz CT molecular complexity index is 1850. The molecule has 4 aromatic rings. The molecule has 0 atom stereocenters. The zero-order chi connectivity index (χ0) is 32.1. The Morgan fingerprint density at radius 3 is 2.38 bits per heavy atom. The molecular weight excluding hydrogens is 602 g/mol. The highest BCUT2D eigenvalue weighted by atomic mass is 32.2. The molecule has 10 nitrogen and oxygen atoms in total. The number of pyridine rings is 1. The molecule has 0 spiro atoms. The minimum absolute atomic E-state index is 0.0771. The number of amides is 1. The van der Waals surface area contributed by atoms with Crippen LogP contribution < -0.4 is 4.90 Å². The smallest absolute Gasteiger partial charge is 0.410 e. The second kappa shape index (κ2) is 11.7. The molecule has 3 aromatic heterocycles. The number of rotatable bonds is 7. The monoisotopic (exact) mass is 638 g/mol. The lowest BCUT2D eigenvalue weighted by Gasteiger charge is -2.37. The maximum absolute atomic E-state index is 16.0. The number of likely N-dealkylation sites (tertiary alicyclic amines) is 1. The Kier molecular flexibility index (Phi) is 8.00. The third kappa shape index (κ3) is 6.35. The van der Waals surface area contributed by atoms with Crippen molar-refractivity contribution in [3.8, 4) is 16.8 Å². The molecule has 0 bridgehead atoms. The number of benzene rings is 1. The van der Waals surface area contributed by atoms with E-state index in [-0.39, 0.29) is 23.4 Å². The van der Waals surface area contributed by atoms with Gasteiger partial charge >= 0.3 is 6.09 Å². The molecule has 45 heavy (non-hydrogen) atoms. The fourth-order valence-corrected chi connectivity index (χ4v) is 7.50. The van der Waals surface area contributed by atoms with Gasteiger partial charge in [0.2, 0.25) is 0 Å². The lowest BCUT2D eigenvalue weighted by atomic mass is 10.0. The van der Waals surface area contributed by atoms with E-state index in [0.717, 1.165) is 6.07 Å². The van der Waals surface area contributed by atoms with Gasteiger partial charge in [-0.1, -0.05) is 6.07 Å². The Balaban J connectivity index is 1.35. The lowest BCUT2D eigenvalue weighted by Crippen LogP contribution is -2.47. The number of halogens is 2. The summed E-state index contributed by atoms with van der Waals surface area (Å²) in [6.07, 6.45) is 8.40. The van der Waals surface area contributed by atoms with Crippen molar-refractivity contribution in [3.63, 3.8) is 0 Å². The Hall–Kier alpha value is -4.13. The van der Waals surface area contributed by atoms with Crippen molar-refractivity contribution in [1.29, 1.82) is 0 Å². The topological polar surface area (TPSA) is 111 Å². The van der Waals surface area contributed by atoms with Gasteiger partial charge in [0.25, 0.3) is 0 Å². The highest BCUT2D eigenvalue weighted by Crippen LogP contribution is 2.36. The standard InChI is InChI=1S/C32H36F2N6O4S/c1-32(2,3)44-31(41)39-13-11-22(12-14-39)38(4)27-10-9-26-29(37-27)24(21-15-35-19-36-16-21)17-40(26)30-25(33)8-5-20(28(30)34)18-45(42,43)23-6-7-23/h5,8-10,15-17,19,22-23H,6-7,11-14,18H2,1-4H3. The van der Waals surface area contributed by atoms with Crippen molar-refractivity contribution in [2.75, 3.05) is 25.0 Å². The molecule has 4 heterocycles. The largest absolute Gasteiger partial charge is 0.444 e. The van der Waals surface area contributed by atoms with Gasteiger partial charge in [0.05, 0.1) is 22.0 Å². The summed E-state index contributed by atoms with van der Waals surface area (Å²) in [5.41, 5.74) is 1.07. The lowest BCUT2D eigenvalue weighted by molar-refractivity contribution is 0.0205. The summed E-state index contributed by atoms with van der Waals surface area (Å²) >= 11 is 0. The quantitative estimate of drug-likeness (QED) is 0.255. The van der Waals surface area contributed by atoms with Crippen molar-refractivity contribution in [3.05, 3.63) is 66.4 Å². The van der Waals surface area contributed by atoms with Crippen LogP contribution in [0.25, 0.3) is 27.8 Å². The van der Waals surface area contributed by atoms with Crippen molar-refractivity contribution < 1.29 is 26.7 Å². The van der Waals surface area contributed by atoms with E-state index in [4.69, 9.17) is 9.72 Å². The van der Waals surface area contributed by atoms with Gasteiger partial charge in [-0.25, -0.2) is 36.9 Å². The van der Waals surface area contributed by atoms with Crippen LogP contribution in [0.4, 0.5) is 19.4 Å². The molecule has 1 aromatic carbocycles. The zero-order valence-corrected chi connectivity index (χ0v) is 26.5. The van der Waals surface area contributed by atoms with Crippen molar-refractivity contribution in [1.82, 2.24) is 24.4 Å². The highest BCUT2D eigenvalue weighted by Gasteiger charge is 2.36. The van der Waals surface area contributed by atoms with Crippen LogP contribution >= 0.6 is 0 Å². The fourth-order valence-electron chi connectivity index (χ4n) is 5.75. The number of aromatic nitrogens is 4. The molecule has 238 valence electrons. The molecule has 0 radical (unpaired) electrons. The molecule has 0 N–H and O–H groups in total. The minimum Gasteiger partial charge on any atom is -0.444 e. The minimum atomic E-state index is -3.53. The molecule has 6 rings (SSSR count). The van der Waals surface area contributed by atoms with Crippen LogP contribution in [0.2, 0.25) is 0 Å². The van der Waals surface area contributed by atoms with Crippen LogP contribution in [-0.4, -0.2) is 76.0 Å². The van der Waals surface area contributed by atoms with E-state index >= 15 is 8.78 Å². The van der Waals surface area contributed by atoms with E-state index in [9.17, 15) is 13.2 Å². The zero-order valence-electron chi connectivity index (χ0n) is 25.7. The third-order valence-corrected chi connectivity index (χ3v) is 10.5. The van der Waals surface area contributed by atoms with Gasteiger partial charge in [-0.05, 0) is 64.7 Å². The number of anilines is 1. The average Bonchev–Trinajstić information content (AvgIpc) is 3.81. The molecule has 1 amide bonds. The van der Waals surface area contributed by atoms with Crippen LogP contribution in [0, 0.1) is 11.6 Å². The van der Waals surface area contributed by atoms with E-state index in [1.165, 1.54) is 17.0 Å². The molecule has 1 aliphatic carbocycles. The van der Waals surface area contributed by atoms with Crippen molar-refractivity contribution in [2.24, 2.45) is 0 Å². The first-order chi connectivity index (χ1) is 21.3. The van der Waals surface area contributed by atoms with Crippen LogP contribution in [-0.2, 0) is 20.3 Å². The van der Waals surface area contributed by atoms with Gasteiger partial charge < -0.3 is 19.1 Å². The molecule has 13 heteroatoms. The Labute approximate surface area is 261 Å². The van der Waals surface area contributed by atoms with E-state index in [2.05, 4.69) is 14.9 Å². The van der Waals surface area contributed by atoms with Gasteiger partial charge in [0.1, 0.15) is 29.3 Å². The summed E-state index contributed by atoms with van der Waals surface area (Å²) in [5, 5.41) is -0.466. The summed E-state index contributed by atoms with van der Waals surface area (Å²) in [5.74, 6) is -1.59. The normalized spacial score (nSPS) is 16.3. The number of fused-ring (bicyclic) bond motifs is 1. The number of hydrogen-bond acceptors (Lipinski definition) is 8. The first-order valence-corrected chi connectivity index (χ1v) is 16.7. The summed E-state index contributed by atoms with van der Waals surface area (Å²) < 4.78 is 63.6. The average molecular weight is 639 g/mol. The predicted octanol–water partition coefficient (Wildman–Crippen LogP) is 5.67. The third-order valence-electron chi connectivity index (χ3n) is 8.31. The van der Waals surface area contributed by atoms with Crippen molar-refractivity contribution >= 4 is 32.8 Å². The van der Waals surface area contributed by atoms with Gasteiger partial charge in [0, 0.05) is 61.5 Å². The Morgan fingerprint density at radius 2 is 1.73 bits per heavy atom. The van der Waals surface area contributed by atoms with Gasteiger partial charge in [-0.2, -0.15) is 0 Å². The number of sulfone groups is 1. The van der Waals surface area contributed by atoms with E-state index in [1.807, 2.05) is 27.8 Å². The molecule has 1 saturated carbocycles. The number of ether oxygens (including phenoxy) is 1. The molecule has 2 aliphatic rings. The van der Waals surface area contributed by atoms with Crippen LogP contribution in [0.3, 0.4) is 0 Å². The van der Waals surface area contributed by atoms with Gasteiger partial charge in [0.15, 0.2) is 15.7 Å². The first-order valence-electron chi connectivity index (χ1n) is 15.0. The number of nitrogens with zero attached hydrogens (tertiary/aromatic N) is 6. The number of hydrogen-bond donors (Lipinski definition) is 0. The second-order valence-corrected chi connectivity index (χ2v) is 15.0. The molecule has 1 saturated heterocycles.